The Hall–Kier alpha value is -3.19. The Labute approximate surface area is 162 Å². The van der Waals surface area contributed by atoms with Crippen LogP contribution in [0.25, 0.3) is 5.57 Å². The number of phenolic OH excluding ortho intramolecular Hbond substituents is 1. The third kappa shape index (κ3) is 3.25. The van der Waals surface area contributed by atoms with Gasteiger partial charge in [0.05, 0.1) is 23.0 Å². The molecule has 7 nitrogen and oxygen atoms in total. The lowest BCUT2D eigenvalue weighted by Crippen LogP contribution is -2.42. The Morgan fingerprint density at radius 2 is 1.75 bits per heavy atom. The fourth-order valence-corrected chi connectivity index (χ4v) is 3.55. The second-order valence-corrected chi connectivity index (χ2v) is 7.17. The van der Waals surface area contributed by atoms with Crippen LogP contribution in [-0.2, 0) is 9.53 Å². The molecule has 1 aliphatic carbocycles. The van der Waals surface area contributed by atoms with Gasteiger partial charge in [0.2, 0.25) is 0 Å². The van der Waals surface area contributed by atoms with Crippen molar-refractivity contribution in [2.24, 2.45) is 0 Å². The van der Waals surface area contributed by atoms with Gasteiger partial charge in [0.1, 0.15) is 17.3 Å². The number of carbonyl (C=O) groups excluding carboxylic acids is 1. The third-order valence-electron chi connectivity index (χ3n) is 5.24. The first-order chi connectivity index (χ1) is 13.4. The second kappa shape index (κ2) is 7.09. The molecule has 0 saturated carbocycles. The van der Waals surface area contributed by atoms with Gasteiger partial charge < -0.3 is 29.9 Å². The smallest absolute Gasteiger partial charge is 0.193 e. The van der Waals surface area contributed by atoms with Crippen molar-refractivity contribution in [1.82, 2.24) is 9.80 Å². The molecule has 2 aliphatic heterocycles. The molecule has 0 radical (unpaired) electrons. The summed E-state index contributed by atoms with van der Waals surface area (Å²) in [7, 11) is 2.06. The number of carbonyl (C=O) groups is 1. The average Bonchev–Trinajstić information content (AvgIpc) is 2.67. The number of likely N-dealkylation sites (N-methyl/N-ethyl adjacent to an activating group) is 1. The standard InChI is InChI=1S/C21H22N2O5/c1-22-6-8-23(9-7-22)11-15-17(25)10-18(26)19-20(27)16(12-28-21(15)19)13-2-4-14(24)5-3-13/h2-5,10-12,21,24-25,27H,6-9H2,1H3/b15-11-. The number of nitrogens with zero attached hydrogens (tertiary/aromatic N) is 2. The number of ether oxygens (including phenoxy) is 1. The maximum absolute atomic E-state index is 12.5. The van der Waals surface area contributed by atoms with Crippen molar-refractivity contribution in [3.05, 3.63) is 71.0 Å². The van der Waals surface area contributed by atoms with Gasteiger partial charge in [-0.2, -0.15) is 0 Å². The number of benzene rings is 1. The van der Waals surface area contributed by atoms with E-state index in [-0.39, 0.29) is 22.8 Å². The summed E-state index contributed by atoms with van der Waals surface area (Å²) < 4.78 is 5.80. The van der Waals surface area contributed by atoms with Crippen LogP contribution in [0, 0.1) is 0 Å². The zero-order chi connectivity index (χ0) is 19.8. The molecule has 3 aliphatic rings. The Morgan fingerprint density at radius 3 is 2.43 bits per heavy atom. The summed E-state index contributed by atoms with van der Waals surface area (Å²) in [4.78, 5) is 16.8. The van der Waals surface area contributed by atoms with Gasteiger partial charge in [-0.1, -0.05) is 12.1 Å². The topological polar surface area (TPSA) is 93.5 Å². The molecule has 7 heteroatoms. The van der Waals surface area contributed by atoms with Crippen molar-refractivity contribution in [3.63, 3.8) is 0 Å². The molecular weight excluding hydrogens is 360 g/mol. The Morgan fingerprint density at radius 1 is 1.07 bits per heavy atom. The largest absolute Gasteiger partial charge is 0.508 e. The normalized spacial score (nSPS) is 24.6. The number of hydrogen-bond acceptors (Lipinski definition) is 7. The lowest BCUT2D eigenvalue weighted by molar-refractivity contribution is -0.112. The van der Waals surface area contributed by atoms with Crippen molar-refractivity contribution in [1.29, 1.82) is 0 Å². The summed E-state index contributed by atoms with van der Waals surface area (Å²) in [5.41, 5.74) is 1.52. The fraction of sp³-hybridized carbons (Fsp3) is 0.286. The molecule has 146 valence electrons. The molecule has 0 aromatic heterocycles. The van der Waals surface area contributed by atoms with E-state index in [1.807, 2.05) is 6.20 Å². The highest BCUT2D eigenvalue weighted by atomic mass is 16.5. The minimum atomic E-state index is -0.863. The number of aliphatic hydroxyl groups excluding tert-OH is 2. The fourth-order valence-electron chi connectivity index (χ4n) is 3.55. The molecule has 1 aromatic rings. The first kappa shape index (κ1) is 18.2. The van der Waals surface area contributed by atoms with Gasteiger partial charge in [-0.25, -0.2) is 0 Å². The molecule has 2 heterocycles. The van der Waals surface area contributed by atoms with Crippen molar-refractivity contribution in [2.45, 2.75) is 6.10 Å². The highest BCUT2D eigenvalue weighted by molar-refractivity contribution is 6.10. The van der Waals surface area contributed by atoms with Gasteiger partial charge >= 0.3 is 0 Å². The Balaban J connectivity index is 1.69. The summed E-state index contributed by atoms with van der Waals surface area (Å²) in [6, 6.07) is 6.24. The van der Waals surface area contributed by atoms with Crippen LogP contribution in [0.4, 0.5) is 0 Å². The van der Waals surface area contributed by atoms with E-state index in [4.69, 9.17) is 4.74 Å². The van der Waals surface area contributed by atoms with E-state index in [1.54, 1.807) is 12.1 Å². The van der Waals surface area contributed by atoms with Gasteiger partial charge in [-0.05, 0) is 24.7 Å². The summed E-state index contributed by atoms with van der Waals surface area (Å²) in [5.74, 6) is -0.711. The number of aromatic hydroxyl groups is 1. The highest BCUT2D eigenvalue weighted by Gasteiger charge is 2.38. The van der Waals surface area contributed by atoms with E-state index in [9.17, 15) is 20.1 Å². The second-order valence-electron chi connectivity index (χ2n) is 7.17. The van der Waals surface area contributed by atoms with E-state index in [0.717, 1.165) is 32.3 Å². The summed E-state index contributed by atoms with van der Waals surface area (Å²) >= 11 is 0. The highest BCUT2D eigenvalue weighted by Crippen LogP contribution is 2.38. The number of ketones is 1. The van der Waals surface area contributed by atoms with Crippen LogP contribution < -0.4 is 0 Å². The van der Waals surface area contributed by atoms with Crippen LogP contribution in [0.15, 0.2) is 65.5 Å². The van der Waals surface area contributed by atoms with Gasteiger partial charge in [-0.3, -0.25) is 4.79 Å². The molecule has 1 aromatic carbocycles. The number of rotatable bonds is 2. The van der Waals surface area contributed by atoms with Crippen molar-refractivity contribution in [3.8, 4) is 5.75 Å². The molecule has 1 unspecified atom stereocenters. The van der Waals surface area contributed by atoms with Crippen LogP contribution in [0.1, 0.15) is 5.56 Å². The first-order valence-electron chi connectivity index (χ1n) is 9.12. The van der Waals surface area contributed by atoms with Crippen molar-refractivity contribution >= 4 is 11.4 Å². The number of allylic oxidation sites excluding steroid dienone is 2. The maximum atomic E-state index is 12.5. The van der Waals surface area contributed by atoms with Gasteiger partial charge in [-0.15, -0.1) is 0 Å². The third-order valence-corrected chi connectivity index (χ3v) is 5.24. The van der Waals surface area contributed by atoms with E-state index >= 15 is 0 Å². The minimum absolute atomic E-state index is 0.101. The zero-order valence-electron chi connectivity index (χ0n) is 15.5. The molecule has 1 atom stereocenters. The van der Waals surface area contributed by atoms with Crippen LogP contribution >= 0.6 is 0 Å². The Bertz CT molecular complexity index is 919. The van der Waals surface area contributed by atoms with Crippen LogP contribution in [-0.4, -0.2) is 70.2 Å². The predicted octanol–water partition coefficient (Wildman–Crippen LogP) is 2.10. The van der Waals surface area contributed by atoms with E-state index in [2.05, 4.69) is 16.8 Å². The SMILES string of the molecule is CN1CCN(/C=C2/C(O)=CC(=O)C3=C(O)C(c4ccc(O)cc4)=COC32)CC1. The predicted molar refractivity (Wildman–Crippen MR) is 103 cm³/mol. The lowest BCUT2D eigenvalue weighted by atomic mass is 9.86. The Kier molecular flexibility index (Phi) is 4.60. The number of piperazine rings is 1. The van der Waals surface area contributed by atoms with E-state index < -0.39 is 11.9 Å². The quantitative estimate of drug-likeness (QED) is 0.721. The molecule has 0 bridgehead atoms. The number of fused-ring (bicyclic) bond motifs is 1. The van der Waals surface area contributed by atoms with Crippen LogP contribution in [0.2, 0.25) is 0 Å². The number of aliphatic hydroxyl groups is 2. The lowest BCUT2D eigenvalue weighted by Gasteiger charge is -2.34. The number of phenols is 1. The summed E-state index contributed by atoms with van der Waals surface area (Å²) in [5, 5.41) is 30.6. The number of hydrogen-bond donors (Lipinski definition) is 3. The molecule has 1 fully saturated rings. The molecule has 3 N–H and O–H groups in total. The van der Waals surface area contributed by atoms with Gasteiger partial charge in [0.15, 0.2) is 11.9 Å². The molecule has 0 amide bonds. The van der Waals surface area contributed by atoms with Gasteiger partial charge in [0.25, 0.3) is 0 Å². The van der Waals surface area contributed by atoms with E-state index in [0.29, 0.717) is 16.7 Å². The van der Waals surface area contributed by atoms with Crippen LogP contribution in [0.5, 0.6) is 5.75 Å². The molecule has 0 spiro atoms. The van der Waals surface area contributed by atoms with Crippen molar-refractivity contribution < 1.29 is 24.9 Å². The maximum Gasteiger partial charge on any atom is 0.193 e. The molecule has 4 rings (SSSR count). The molecule has 1 saturated heterocycles. The first-order valence-corrected chi connectivity index (χ1v) is 9.12. The summed E-state index contributed by atoms with van der Waals surface area (Å²) in [6.07, 6.45) is 3.45. The van der Waals surface area contributed by atoms with E-state index in [1.165, 1.54) is 18.4 Å². The zero-order valence-corrected chi connectivity index (χ0v) is 15.5. The van der Waals surface area contributed by atoms with Crippen LogP contribution in [0.3, 0.4) is 0 Å². The van der Waals surface area contributed by atoms with Crippen molar-refractivity contribution in [2.75, 3.05) is 33.2 Å². The molecular formula is C21H22N2O5. The van der Waals surface area contributed by atoms with Gasteiger partial charge in [0, 0.05) is 38.5 Å². The monoisotopic (exact) mass is 382 g/mol. The minimum Gasteiger partial charge on any atom is -0.508 e. The average molecular weight is 382 g/mol. The molecule has 28 heavy (non-hydrogen) atoms. The summed E-state index contributed by atoms with van der Waals surface area (Å²) in [6.45, 7) is 3.40.